The molecule has 1 saturated heterocycles. The van der Waals surface area contributed by atoms with Crippen molar-refractivity contribution in [1.29, 1.82) is 0 Å². The molecule has 14 atom stereocenters. The van der Waals surface area contributed by atoms with E-state index in [2.05, 4.69) is 6.58 Å². The molecular formula is C28H44O11. The summed E-state index contributed by atoms with van der Waals surface area (Å²) in [4.78, 5) is 12.4. The van der Waals surface area contributed by atoms with Gasteiger partial charge >= 0.3 is 5.97 Å². The number of hydrogen-bond acceptors (Lipinski definition) is 11. The smallest absolute Gasteiger partial charge is 0.303 e. The molecule has 222 valence electrons. The number of esters is 1. The van der Waals surface area contributed by atoms with Crippen LogP contribution >= 0.6 is 0 Å². The number of rotatable bonds is 4. The molecule has 7 N–H and O–H groups in total. The topological polar surface area (TPSA) is 186 Å². The van der Waals surface area contributed by atoms with Crippen molar-refractivity contribution in [1.82, 2.24) is 0 Å². The van der Waals surface area contributed by atoms with Crippen LogP contribution in [0.2, 0.25) is 0 Å². The third-order valence-corrected chi connectivity index (χ3v) is 11.1. The van der Waals surface area contributed by atoms with Gasteiger partial charge in [0.25, 0.3) is 0 Å². The zero-order valence-electron chi connectivity index (χ0n) is 23.1. The Kier molecular flexibility index (Phi) is 7.10. The number of carbonyl (C=O) groups excluding carboxylic acids is 1. The Morgan fingerprint density at radius 2 is 1.69 bits per heavy atom. The van der Waals surface area contributed by atoms with E-state index in [9.17, 15) is 40.5 Å². The third kappa shape index (κ3) is 3.99. The maximum atomic E-state index is 12.6. The highest BCUT2D eigenvalue weighted by molar-refractivity contribution is 5.66. The Hall–Kier alpha value is -1.15. The Balaban J connectivity index is 1.53. The largest absolute Gasteiger partial charge is 0.459 e. The van der Waals surface area contributed by atoms with Gasteiger partial charge in [0.15, 0.2) is 6.29 Å². The molecule has 4 saturated carbocycles. The molecule has 11 heteroatoms. The maximum absolute atomic E-state index is 12.6. The first kappa shape index (κ1) is 29.3. The Bertz CT molecular complexity index is 996. The zero-order valence-corrected chi connectivity index (χ0v) is 23.1. The minimum absolute atomic E-state index is 0.132. The summed E-state index contributed by atoms with van der Waals surface area (Å²) in [7, 11) is 0. The van der Waals surface area contributed by atoms with Crippen molar-refractivity contribution in [2.75, 3.05) is 6.61 Å². The van der Waals surface area contributed by atoms with Crippen molar-refractivity contribution in [2.45, 2.75) is 120 Å². The van der Waals surface area contributed by atoms with Crippen LogP contribution in [0, 0.1) is 28.6 Å². The van der Waals surface area contributed by atoms with E-state index >= 15 is 0 Å². The van der Waals surface area contributed by atoms with Gasteiger partial charge in [-0.05, 0) is 44.9 Å². The van der Waals surface area contributed by atoms with Gasteiger partial charge in [0.2, 0.25) is 0 Å². The van der Waals surface area contributed by atoms with Crippen molar-refractivity contribution in [3.63, 3.8) is 0 Å². The summed E-state index contributed by atoms with van der Waals surface area (Å²) < 4.78 is 17.6. The van der Waals surface area contributed by atoms with Gasteiger partial charge in [-0.25, -0.2) is 0 Å². The lowest BCUT2D eigenvalue weighted by Gasteiger charge is -2.48. The predicted octanol–water partition coefficient (Wildman–Crippen LogP) is -0.631. The van der Waals surface area contributed by atoms with Gasteiger partial charge < -0.3 is 50.0 Å². The van der Waals surface area contributed by atoms with E-state index in [0.29, 0.717) is 24.8 Å². The van der Waals surface area contributed by atoms with E-state index in [4.69, 9.17) is 14.2 Å². The van der Waals surface area contributed by atoms with Crippen LogP contribution in [-0.4, -0.2) is 109 Å². The van der Waals surface area contributed by atoms with Crippen LogP contribution in [0.15, 0.2) is 12.2 Å². The lowest BCUT2D eigenvalue weighted by molar-refractivity contribution is -0.321. The molecule has 39 heavy (non-hydrogen) atoms. The van der Waals surface area contributed by atoms with Crippen LogP contribution < -0.4 is 0 Å². The first-order valence-electron chi connectivity index (χ1n) is 14.0. The highest BCUT2D eigenvalue weighted by Crippen LogP contribution is 2.69. The van der Waals surface area contributed by atoms with Gasteiger partial charge in [0.1, 0.15) is 36.1 Å². The lowest BCUT2D eigenvalue weighted by atomic mass is 9.61. The van der Waals surface area contributed by atoms with Gasteiger partial charge in [-0.15, -0.1) is 0 Å². The van der Waals surface area contributed by atoms with Gasteiger partial charge in [-0.3, -0.25) is 4.79 Å². The van der Waals surface area contributed by atoms with E-state index in [1.165, 1.54) is 6.92 Å². The molecule has 0 aromatic rings. The molecule has 1 spiro atoms. The zero-order chi connectivity index (χ0) is 28.9. The number of ether oxygens (including phenoxy) is 3. The molecule has 5 aliphatic rings. The van der Waals surface area contributed by atoms with Crippen LogP contribution in [0.4, 0.5) is 0 Å². The van der Waals surface area contributed by atoms with Gasteiger partial charge in [-0.2, -0.15) is 0 Å². The van der Waals surface area contributed by atoms with Crippen LogP contribution in [0.3, 0.4) is 0 Å². The summed E-state index contributed by atoms with van der Waals surface area (Å²) in [5.41, 5.74) is -4.04. The number of fused-ring (bicyclic) bond motifs is 2. The van der Waals surface area contributed by atoms with E-state index in [-0.39, 0.29) is 24.7 Å². The Labute approximate surface area is 228 Å². The minimum atomic E-state index is -1.69. The molecule has 11 nitrogen and oxygen atoms in total. The number of aliphatic hydroxyl groups is 7. The minimum Gasteiger partial charge on any atom is -0.459 e. The summed E-state index contributed by atoms with van der Waals surface area (Å²) in [5, 5.41) is 76.1. The quantitative estimate of drug-likeness (QED) is 0.173. The molecule has 0 aromatic carbocycles. The highest BCUT2D eigenvalue weighted by atomic mass is 16.7. The Morgan fingerprint density at radius 1 is 1.03 bits per heavy atom. The second-order valence-electron chi connectivity index (χ2n) is 13.5. The molecule has 5 rings (SSSR count). The van der Waals surface area contributed by atoms with E-state index in [1.54, 1.807) is 20.8 Å². The standard InChI is InChI=1S/C28H44O11/c1-12-14-6-7-15-23(34)27(14,11-26(15,5)35)9-19(37-13(2)30)28(36)16(12)8-18(25(28,3)4)39-24-22(33)21(32)20(31)17(10-29)38-24/h14-24,29,31-36H,1,6-11H2,2-5H3. The summed E-state index contributed by atoms with van der Waals surface area (Å²) >= 11 is 0. The fraction of sp³-hybridized carbons (Fsp3) is 0.893. The maximum Gasteiger partial charge on any atom is 0.303 e. The van der Waals surface area contributed by atoms with Crippen LogP contribution in [0.1, 0.15) is 59.8 Å². The summed E-state index contributed by atoms with van der Waals surface area (Å²) in [6.45, 7) is 10.4. The van der Waals surface area contributed by atoms with Crippen molar-refractivity contribution in [2.24, 2.45) is 28.6 Å². The van der Waals surface area contributed by atoms with Crippen molar-refractivity contribution >= 4 is 5.97 Å². The van der Waals surface area contributed by atoms with Crippen molar-refractivity contribution in [3.8, 4) is 0 Å². The van der Waals surface area contributed by atoms with E-state index in [1.807, 2.05) is 0 Å². The average Bonchev–Trinajstić information content (AvgIpc) is 3.06. The summed E-state index contributed by atoms with van der Waals surface area (Å²) in [6, 6.07) is 0. The monoisotopic (exact) mass is 556 g/mol. The molecule has 1 heterocycles. The third-order valence-electron chi connectivity index (χ3n) is 11.1. The highest BCUT2D eigenvalue weighted by Gasteiger charge is 2.73. The average molecular weight is 557 g/mol. The molecule has 1 aliphatic heterocycles. The first-order chi connectivity index (χ1) is 18.0. The molecule has 0 aromatic heterocycles. The van der Waals surface area contributed by atoms with Crippen LogP contribution in [0.5, 0.6) is 0 Å². The number of carbonyl (C=O) groups is 1. The summed E-state index contributed by atoms with van der Waals surface area (Å²) in [6.07, 6.45) is -8.09. The fourth-order valence-electron chi connectivity index (χ4n) is 9.08. The number of aliphatic hydroxyl groups excluding tert-OH is 5. The SMILES string of the molecule is C=C1C2CCC3C(O)C2(CC(OC(C)=O)C2(O)C1CC(OC1OC(CO)C(O)C(O)C1O)C2(C)C)CC3(C)O. The predicted molar refractivity (Wildman–Crippen MR) is 135 cm³/mol. The van der Waals surface area contributed by atoms with E-state index in [0.717, 1.165) is 0 Å². The Morgan fingerprint density at radius 3 is 2.31 bits per heavy atom. The molecule has 5 fully saturated rings. The molecule has 0 radical (unpaired) electrons. The molecule has 14 unspecified atom stereocenters. The van der Waals surface area contributed by atoms with Crippen LogP contribution in [0.25, 0.3) is 0 Å². The lowest BCUT2D eigenvalue weighted by Crippen LogP contribution is -2.61. The molecule has 2 bridgehead atoms. The molecule has 0 amide bonds. The van der Waals surface area contributed by atoms with Gasteiger partial charge in [0.05, 0.1) is 24.4 Å². The second kappa shape index (κ2) is 9.43. The van der Waals surface area contributed by atoms with E-state index < -0.39 is 89.5 Å². The normalized spacial score (nSPS) is 54.5. The van der Waals surface area contributed by atoms with Crippen molar-refractivity contribution in [3.05, 3.63) is 12.2 Å². The van der Waals surface area contributed by atoms with Crippen LogP contribution in [-0.2, 0) is 19.0 Å². The molecular weight excluding hydrogens is 512 g/mol. The molecule has 4 aliphatic carbocycles. The van der Waals surface area contributed by atoms with Crippen molar-refractivity contribution < 1.29 is 54.8 Å². The fourth-order valence-corrected chi connectivity index (χ4v) is 9.08. The first-order valence-corrected chi connectivity index (χ1v) is 14.0. The number of hydrogen-bond donors (Lipinski definition) is 7. The van der Waals surface area contributed by atoms with Gasteiger partial charge in [-0.1, -0.05) is 26.0 Å². The summed E-state index contributed by atoms with van der Waals surface area (Å²) in [5.74, 6) is -1.78. The second-order valence-corrected chi connectivity index (χ2v) is 13.5. The van der Waals surface area contributed by atoms with Gasteiger partial charge in [0, 0.05) is 29.6 Å².